The molecule has 7 nitrogen and oxygen atoms in total. The highest BCUT2D eigenvalue weighted by Gasteiger charge is 2.14. The third-order valence-corrected chi connectivity index (χ3v) is 5.38. The van der Waals surface area contributed by atoms with Crippen molar-refractivity contribution in [1.82, 2.24) is 5.43 Å². The minimum atomic E-state index is -0.921. The lowest BCUT2D eigenvalue weighted by atomic mass is 10.1. The molecule has 0 aromatic heterocycles. The SMILES string of the molecule is COc1cc(/C=N/NC(=O)C(=O)Nc2cccc(Cl)c2)cc(Br)c1OCc1ccccc1C. The highest BCUT2D eigenvalue weighted by atomic mass is 79.9. The summed E-state index contributed by atoms with van der Waals surface area (Å²) in [6, 6.07) is 17.9. The van der Waals surface area contributed by atoms with Gasteiger partial charge in [0.05, 0.1) is 17.8 Å². The van der Waals surface area contributed by atoms with Crippen LogP contribution in [0.15, 0.2) is 70.2 Å². The van der Waals surface area contributed by atoms with Crippen LogP contribution < -0.4 is 20.2 Å². The molecule has 2 amide bonds. The van der Waals surface area contributed by atoms with Crippen LogP contribution in [0.25, 0.3) is 0 Å². The van der Waals surface area contributed by atoms with Gasteiger partial charge in [-0.1, -0.05) is 41.9 Å². The van der Waals surface area contributed by atoms with E-state index in [2.05, 4.69) is 31.8 Å². The van der Waals surface area contributed by atoms with E-state index in [0.29, 0.717) is 38.9 Å². The number of rotatable bonds is 7. The van der Waals surface area contributed by atoms with Crippen LogP contribution >= 0.6 is 27.5 Å². The van der Waals surface area contributed by atoms with Gasteiger partial charge in [-0.3, -0.25) is 9.59 Å². The van der Waals surface area contributed by atoms with Gasteiger partial charge in [-0.25, -0.2) is 5.43 Å². The Morgan fingerprint density at radius 3 is 2.61 bits per heavy atom. The number of methoxy groups -OCH3 is 1. The lowest BCUT2D eigenvalue weighted by Gasteiger charge is -2.14. The number of anilines is 1. The normalized spacial score (nSPS) is 10.7. The Morgan fingerprint density at radius 2 is 1.88 bits per heavy atom. The Morgan fingerprint density at radius 1 is 1.09 bits per heavy atom. The summed E-state index contributed by atoms with van der Waals surface area (Å²) in [7, 11) is 1.53. The third kappa shape index (κ3) is 6.81. The van der Waals surface area contributed by atoms with Crippen molar-refractivity contribution in [3.8, 4) is 11.5 Å². The van der Waals surface area contributed by atoms with Crippen LogP contribution in [-0.2, 0) is 16.2 Å². The maximum absolute atomic E-state index is 12.0. The number of hydrogen-bond donors (Lipinski definition) is 2. The van der Waals surface area contributed by atoms with Crippen molar-refractivity contribution in [3.05, 3.63) is 86.8 Å². The number of ether oxygens (including phenoxy) is 2. The van der Waals surface area contributed by atoms with Crippen molar-refractivity contribution >= 4 is 51.2 Å². The molecule has 0 bridgehead atoms. The molecule has 0 spiro atoms. The molecule has 0 saturated carbocycles. The summed E-state index contributed by atoms with van der Waals surface area (Å²) in [6.45, 7) is 2.40. The lowest BCUT2D eigenvalue weighted by Crippen LogP contribution is -2.32. The average molecular weight is 531 g/mol. The van der Waals surface area contributed by atoms with Gasteiger partial charge in [0, 0.05) is 10.7 Å². The number of nitrogens with zero attached hydrogens (tertiary/aromatic N) is 1. The van der Waals surface area contributed by atoms with Crippen molar-refractivity contribution in [2.45, 2.75) is 13.5 Å². The zero-order valence-corrected chi connectivity index (χ0v) is 20.2. The fraction of sp³-hybridized carbons (Fsp3) is 0.125. The number of amides is 2. The number of carbonyl (C=O) groups is 2. The van der Waals surface area contributed by atoms with E-state index in [4.69, 9.17) is 21.1 Å². The maximum Gasteiger partial charge on any atom is 0.329 e. The molecule has 3 aromatic rings. The van der Waals surface area contributed by atoms with E-state index in [-0.39, 0.29) is 0 Å². The summed E-state index contributed by atoms with van der Waals surface area (Å²) in [5.41, 5.74) is 5.41. The second-order valence-electron chi connectivity index (χ2n) is 6.91. The molecular weight excluding hydrogens is 510 g/mol. The molecule has 2 N–H and O–H groups in total. The number of hydrogen-bond acceptors (Lipinski definition) is 5. The fourth-order valence-corrected chi connectivity index (χ4v) is 3.61. The molecule has 0 aliphatic carbocycles. The summed E-state index contributed by atoms with van der Waals surface area (Å²) in [4.78, 5) is 24.0. The molecule has 0 radical (unpaired) electrons. The van der Waals surface area contributed by atoms with E-state index in [9.17, 15) is 9.59 Å². The number of hydrazone groups is 1. The minimum Gasteiger partial charge on any atom is -0.493 e. The van der Waals surface area contributed by atoms with Crippen molar-refractivity contribution in [2.75, 3.05) is 12.4 Å². The highest BCUT2D eigenvalue weighted by Crippen LogP contribution is 2.37. The van der Waals surface area contributed by atoms with E-state index in [1.807, 2.05) is 31.2 Å². The Labute approximate surface area is 204 Å². The quantitative estimate of drug-likeness (QED) is 0.253. The summed E-state index contributed by atoms with van der Waals surface area (Å²) >= 11 is 9.36. The molecule has 170 valence electrons. The Balaban J connectivity index is 1.63. The Bertz CT molecular complexity index is 1200. The van der Waals surface area contributed by atoms with Crippen molar-refractivity contribution in [1.29, 1.82) is 0 Å². The Kier molecular flexibility index (Phi) is 8.46. The van der Waals surface area contributed by atoms with Gasteiger partial charge in [-0.15, -0.1) is 0 Å². The van der Waals surface area contributed by atoms with Crippen LogP contribution in [0.4, 0.5) is 5.69 Å². The molecule has 3 rings (SSSR count). The van der Waals surface area contributed by atoms with E-state index in [1.54, 1.807) is 30.3 Å². The molecule has 0 unspecified atom stereocenters. The highest BCUT2D eigenvalue weighted by molar-refractivity contribution is 9.10. The maximum atomic E-state index is 12.0. The standard InChI is InChI=1S/C24H21BrClN3O4/c1-15-6-3-4-7-17(15)14-33-22-20(25)10-16(11-21(22)32-2)13-27-29-24(31)23(30)28-19-9-5-8-18(26)12-19/h3-13H,14H2,1-2H3,(H,28,30)(H,29,31)/b27-13+. The summed E-state index contributed by atoms with van der Waals surface area (Å²) in [5, 5.41) is 6.73. The second-order valence-corrected chi connectivity index (χ2v) is 8.20. The topological polar surface area (TPSA) is 89.0 Å². The molecular formula is C24H21BrClN3O4. The summed E-state index contributed by atoms with van der Waals surface area (Å²) < 4.78 is 12.1. The van der Waals surface area contributed by atoms with Crippen LogP contribution in [0.1, 0.15) is 16.7 Å². The average Bonchev–Trinajstić information content (AvgIpc) is 2.79. The molecule has 0 atom stereocenters. The first kappa shape index (κ1) is 24.3. The zero-order valence-electron chi connectivity index (χ0n) is 17.9. The lowest BCUT2D eigenvalue weighted by molar-refractivity contribution is -0.136. The number of aryl methyl sites for hydroxylation is 1. The van der Waals surface area contributed by atoms with Crippen LogP contribution in [0.2, 0.25) is 5.02 Å². The first-order chi connectivity index (χ1) is 15.9. The number of carbonyl (C=O) groups excluding carboxylic acids is 2. The Hall–Kier alpha value is -3.36. The predicted molar refractivity (Wildman–Crippen MR) is 132 cm³/mol. The second kappa shape index (κ2) is 11.5. The van der Waals surface area contributed by atoms with Crippen molar-refractivity contribution < 1.29 is 19.1 Å². The third-order valence-electron chi connectivity index (χ3n) is 4.55. The number of benzene rings is 3. The van der Waals surface area contributed by atoms with E-state index in [1.165, 1.54) is 19.4 Å². The molecule has 33 heavy (non-hydrogen) atoms. The van der Waals surface area contributed by atoms with Gasteiger partial charge < -0.3 is 14.8 Å². The molecule has 0 aliphatic heterocycles. The van der Waals surface area contributed by atoms with Crippen LogP contribution in [0.3, 0.4) is 0 Å². The predicted octanol–water partition coefficient (Wildman–Crippen LogP) is 5.09. The van der Waals surface area contributed by atoms with E-state index < -0.39 is 11.8 Å². The van der Waals surface area contributed by atoms with Crippen molar-refractivity contribution in [2.24, 2.45) is 5.10 Å². The first-order valence-electron chi connectivity index (χ1n) is 9.82. The molecule has 0 fully saturated rings. The molecule has 9 heteroatoms. The molecule has 0 saturated heterocycles. The smallest absolute Gasteiger partial charge is 0.329 e. The molecule has 3 aromatic carbocycles. The summed E-state index contributed by atoms with van der Waals surface area (Å²) in [6.07, 6.45) is 1.39. The van der Waals surface area contributed by atoms with E-state index >= 15 is 0 Å². The van der Waals surface area contributed by atoms with Gasteiger partial charge in [-0.05, 0) is 69.9 Å². The van der Waals surface area contributed by atoms with Crippen LogP contribution in [-0.4, -0.2) is 25.1 Å². The van der Waals surface area contributed by atoms with Crippen LogP contribution in [0.5, 0.6) is 11.5 Å². The fourth-order valence-electron chi connectivity index (χ4n) is 2.85. The minimum absolute atomic E-state index is 0.382. The first-order valence-corrected chi connectivity index (χ1v) is 11.0. The van der Waals surface area contributed by atoms with Gasteiger partial charge in [0.25, 0.3) is 0 Å². The molecule has 0 heterocycles. The molecule has 0 aliphatic rings. The van der Waals surface area contributed by atoms with Gasteiger partial charge in [0.15, 0.2) is 11.5 Å². The largest absolute Gasteiger partial charge is 0.493 e. The van der Waals surface area contributed by atoms with Gasteiger partial charge >= 0.3 is 11.8 Å². The number of halogens is 2. The van der Waals surface area contributed by atoms with Gasteiger partial charge in [0.2, 0.25) is 0 Å². The van der Waals surface area contributed by atoms with Gasteiger partial charge in [-0.2, -0.15) is 5.10 Å². The zero-order chi connectivity index (χ0) is 23.8. The monoisotopic (exact) mass is 529 g/mol. The van der Waals surface area contributed by atoms with Gasteiger partial charge in [0.1, 0.15) is 6.61 Å². The van der Waals surface area contributed by atoms with E-state index in [0.717, 1.165) is 11.1 Å². The van der Waals surface area contributed by atoms with Crippen LogP contribution in [0, 0.1) is 6.92 Å². The van der Waals surface area contributed by atoms with Crippen molar-refractivity contribution in [3.63, 3.8) is 0 Å². The number of nitrogens with one attached hydrogen (secondary N) is 2. The summed E-state index contributed by atoms with van der Waals surface area (Å²) in [5.74, 6) is -0.754.